The van der Waals surface area contributed by atoms with E-state index in [0.29, 0.717) is 19.0 Å². The van der Waals surface area contributed by atoms with Gasteiger partial charge in [-0.15, -0.1) is 0 Å². The zero-order chi connectivity index (χ0) is 11.1. The monoisotopic (exact) mass is 212 g/mol. The molecule has 0 aromatic carbocycles. The van der Waals surface area contributed by atoms with Gasteiger partial charge in [0.05, 0.1) is 6.20 Å². The number of carbonyl (C=O) groups excluding carboxylic acids is 1. The van der Waals surface area contributed by atoms with Gasteiger partial charge >= 0.3 is 0 Å². The summed E-state index contributed by atoms with van der Waals surface area (Å²) in [6.07, 6.45) is 2.49. The van der Waals surface area contributed by atoms with Crippen LogP contribution in [0.5, 0.6) is 0 Å². The Hall–Kier alpha value is -1.56. The van der Waals surface area contributed by atoms with Gasteiger partial charge in [-0.25, -0.2) is 0 Å². The predicted octanol–water partition coefficient (Wildman–Crippen LogP) is 0.0347. The molecule has 0 aliphatic heterocycles. The van der Waals surface area contributed by atoms with Crippen LogP contribution in [0.3, 0.4) is 0 Å². The largest absolute Gasteiger partial charge is 0.384 e. The van der Waals surface area contributed by atoms with Gasteiger partial charge in [0.1, 0.15) is 12.4 Å². The molecule has 1 amide bonds. The molecule has 0 bridgehead atoms. The molecule has 6 nitrogen and oxygen atoms in total. The molecule has 0 atom stereocenters. The quantitative estimate of drug-likeness (QED) is 0.580. The zero-order valence-electron chi connectivity index (χ0n) is 8.75. The molecule has 0 spiro atoms. The lowest BCUT2D eigenvalue weighted by Gasteiger charge is -2.04. The summed E-state index contributed by atoms with van der Waals surface area (Å²) < 4.78 is 5.08. The Labute approximate surface area is 88.2 Å². The molecule has 0 unspecified atom stereocenters. The maximum atomic E-state index is 11.2. The van der Waals surface area contributed by atoms with E-state index in [2.05, 4.69) is 15.5 Å². The minimum Gasteiger partial charge on any atom is -0.384 e. The van der Waals surface area contributed by atoms with E-state index in [4.69, 9.17) is 10.5 Å². The van der Waals surface area contributed by atoms with E-state index in [9.17, 15) is 4.79 Å². The molecule has 4 N–H and O–H groups in total. The molecular formula is C9H16N4O2. The molecule has 0 fully saturated rings. The van der Waals surface area contributed by atoms with Gasteiger partial charge in [0.15, 0.2) is 0 Å². The summed E-state index contributed by atoms with van der Waals surface area (Å²) in [6.45, 7) is 3.05. The van der Waals surface area contributed by atoms with Gasteiger partial charge < -0.3 is 15.8 Å². The topological polar surface area (TPSA) is 93.0 Å². The van der Waals surface area contributed by atoms with Crippen LogP contribution in [0.1, 0.15) is 18.9 Å². The molecule has 6 heteroatoms. The zero-order valence-corrected chi connectivity index (χ0v) is 8.75. The summed E-state index contributed by atoms with van der Waals surface area (Å²) in [4.78, 5) is 11.2. The number of H-pyrrole nitrogens is 1. The first-order valence-corrected chi connectivity index (χ1v) is 4.86. The van der Waals surface area contributed by atoms with Crippen LogP contribution >= 0.6 is 0 Å². The number of nitrogens with two attached hydrogens (primary N) is 1. The van der Waals surface area contributed by atoms with Crippen LogP contribution in [0, 0.1) is 0 Å². The van der Waals surface area contributed by atoms with E-state index in [-0.39, 0.29) is 12.5 Å². The molecule has 0 aliphatic carbocycles. The van der Waals surface area contributed by atoms with Crippen LogP contribution in [0.25, 0.3) is 0 Å². The van der Waals surface area contributed by atoms with Gasteiger partial charge in [-0.05, 0) is 6.42 Å². The number of ether oxygens (including phenoxy) is 1. The lowest BCUT2D eigenvalue weighted by molar-refractivity contribution is -0.125. The van der Waals surface area contributed by atoms with E-state index in [0.717, 1.165) is 12.0 Å². The second kappa shape index (κ2) is 6.02. The molecule has 1 heterocycles. The van der Waals surface area contributed by atoms with E-state index in [1.807, 2.05) is 6.92 Å². The molecule has 1 rings (SSSR count). The third kappa shape index (κ3) is 3.99. The number of rotatable bonds is 6. The number of nitrogens with one attached hydrogen (secondary N) is 2. The highest BCUT2D eigenvalue weighted by molar-refractivity contribution is 5.77. The highest BCUT2D eigenvalue weighted by Crippen LogP contribution is 2.04. The van der Waals surface area contributed by atoms with Crippen molar-refractivity contribution in [3.63, 3.8) is 0 Å². The second-order valence-corrected chi connectivity index (χ2v) is 3.14. The first kappa shape index (κ1) is 11.5. The van der Waals surface area contributed by atoms with Crippen LogP contribution in [0.15, 0.2) is 6.20 Å². The molecule has 84 valence electrons. The minimum absolute atomic E-state index is 0.0889. The summed E-state index contributed by atoms with van der Waals surface area (Å²) in [5, 5.41) is 9.01. The number of hydrogen-bond acceptors (Lipinski definition) is 4. The smallest absolute Gasteiger partial charge is 0.246 e. The molecule has 0 aliphatic rings. The number of carbonyl (C=O) groups is 1. The SMILES string of the molecule is CCCOCC(=O)NCc1cn[nH]c1N. The van der Waals surface area contributed by atoms with Crippen molar-refractivity contribution in [2.75, 3.05) is 18.9 Å². The van der Waals surface area contributed by atoms with Crippen molar-refractivity contribution in [3.8, 4) is 0 Å². The number of nitrogen functional groups attached to an aromatic ring is 1. The van der Waals surface area contributed by atoms with E-state index in [1.54, 1.807) is 6.20 Å². The maximum Gasteiger partial charge on any atom is 0.246 e. The lowest BCUT2D eigenvalue weighted by Crippen LogP contribution is -2.27. The standard InChI is InChI=1S/C9H16N4O2/c1-2-3-15-6-8(14)11-4-7-5-12-13-9(7)10/h5H,2-4,6H2,1H3,(H,11,14)(H3,10,12,13). The number of amides is 1. The van der Waals surface area contributed by atoms with Crippen LogP contribution in [-0.2, 0) is 16.1 Å². The molecule has 0 saturated heterocycles. The van der Waals surface area contributed by atoms with Gasteiger partial charge in [0.25, 0.3) is 0 Å². The van der Waals surface area contributed by atoms with Crippen LogP contribution < -0.4 is 11.1 Å². The predicted molar refractivity (Wildman–Crippen MR) is 56.0 cm³/mol. The first-order valence-electron chi connectivity index (χ1n) is 4.86. The summed E-state index contributed by atoms with van der Waals surface area (Å²) in [7, 11) is 0. The number of hydrogen-bond donors (Lipinski definition) is 3. The van der Waals surface area contributed by atoms with Crippen molar-refractivity contribution in [3.05, 3.63) is 11.8 Å². The average molecular weight is 212 g/mol. The van der Waals surface area contributed by atoms with Gasteiger partial charge in [-0.1, -0.05) is 6.92 Å². The fraction of sp³-hybridized carbons (Fsp3) is 0.556. The summed E-state index contributed by atoms with van der Waals surface area (Å²) >= 11 is 0. The molecular weight excluding hydrogens is 196 g/mol. The molecule has 1 aromatic heterocycles. The van der Waals surface area contributed by atoms with E-state index >= 15 is 0 Å². The van der Waals surface area contributed by atoms with Crippen molar-refractivity contribution in [2.24, 2.45) is 0 Å². The molecule has 0 saturated carbocycles. The fourth-order valence-corrected chi connectivity index (χ4v) is 1.02. The first-order chi connectivity index (χ1) is 7.24. The van der Waals surface area contributed by atoms with Gasteiger partial charge in [-0.2, -0.15) is 5.10 Å². The normalized spacial score (nSPS) is 10.2. The highest BCUT2D eigenvalue weighted by Gasteiger charge is 2.04. The number of anilines is 1. The Kier molecular flexibility index (Phi) is 4.62. The Morgan fingerprint density at radius 3 is 3.13 bits per heavy atom. The van der Waals surface area contributed by atoms with Gasteiger partial charge in [0.2, 0.25) is 5.91 Å². The van der Waals surface area contributed by atoms with Gasteiger partial charge in [-0.3, -0.25) is 9.89 Å². The minimum atomic E-state index is -0.149. The average Bonchev–Trinajstić information content (AvgIpc) is 2.61. The third-order valence-corrected chi connectivity index (χ3v) is 1.81. The van der Waals surface area contributed by atoms with Crippen LogP contribution in [-0.4, -0.2) is 29.3 Å². The Morgan fingerprint density at radius 1 is 1.73 bits per heavy atom. The Morgan fingerprint density at radius 2 is 2.53 bits per heavy atom. The summed E-state index contributed by atoms with van der Waals surface area (Å²) in [5.74, 6) is 0.328. The van der Waals surface area contributed by atoms with Crippen LogP contribution in [0.4, 0.5) is 5.82 Å². The van der Waals surface area contributed by atoms with Crippen LogP contribution in [0.2, 0.25) is 0 Å². The van der Waals surface area contributed by atoms with Crippen molar-refractivity contribution >= 4 is 11.7 Å². The Bertz CT molecular complexity index is 311. The van der Waals surface area contributed by atoms with Crippen molar-refractivity contribution in [2.45, 2.75) is 19.9 Å². The molecule has 1 aromatic rings. The number of aromatic amines is 1. The van der Waals surface area contributed by atoms with Gasteiger partial charge in [0, 0.05) is 18.7 Å². The van der Waals surface area contributed by atoms with Crippen molar-refractivity contribution in [1.29, 1.82) is 0 Å². The van der Waals surface area contributed by atoms with E-state index in [1.165, 1.54) is 0 Å². The highest BCUT2D eigenvalue weighted by atomic mass is 16.5. The number of nitrogens with zero attached hydrogens (tertiary/aromatic N) is 1. The summed E-state index contributed by atoms with van der Waals surface area (Å²) in [6, 6.07) is 0. The number of aromatic nitrogens is 2. The summed E-state index contributed by atoms with van der Waals surface area (Å²) in [5.41, 5.74) is 6.32. The van der Waals surface area contributed by atoms with E-state index < -0.39 is 0 Å². The second-order valence-electron chi connectivity index (χ2n) is 3.14. The lowest BCUT2D eigenvalue weighted by atomic mass is 10.3. The third-order valence-electron chi connectivity index (χ3n) is 1.81. The fourth-order valence-electron chi connectivity index (χ4n) is 1.02. The van der Waals surface area contributed by atoms with Crippen molar-refractivity contribution < 1.29 is 9.53 Å². The molecule has 15 heavy (non-hydrogen) atoms. The maximum absolute atomic E-state index is 11.2. The Balaban J connectivity index is 2.20. The molecule has 0 radical (unpaired) electrons. The van der Waals surface area contributed by atoms with Crippen molar-refractivity contribution in [1.82, 2.24) is 15.5 Å².